The minimum atomic E-state index is -0.268. The summed E-state index contributed by atoms with van der Waals surface area (Å²) in [6.07, 6.45) is 8.06. The van der Waals surface area contributed by atoms with E-state index in [0.29, 0.717) is 22.4 Å². The molecule has 0 aliphatic carbocycles. The van der Waals surface area contributed by atoms with Crippen molar-refractivity contribution >= 4 is 51.4 Å². The third-order valence-electron chi connectivity index (χ3n) is 7.41. The lowest BCUT2D eigenvalue weighted by Crippen LogP contribution is -2.29. The number of aryl methyl sites for hydroxylation is 3. The van der Waals surface area contributed by atoms with Crippen LogP contribution in [0.15, 0.2) is 55.4 Å². The Morgan fingerprint density at radius 1 is 1.20 bits per heavy atom. The summed E-state index contributed by atoms with van der Waals surface area (Å²) in [5, 5.41) is 8.04. The summed E-state index contributed by atoms with van der Waals surface area (Å²) in [5.41, 5.74) is 7.84. The second-order valence-electron chi connectivity index (χ2n) is 10.5. The van der Waals surface area contributed by atoms with Crippen molar-refractivity contribution < 1.29 is 4.79 Å². The van der Waals surface area contributed by atoms with E-state index in [1.807, 2.05) is 27.2 Å². The Labute approximate surface area is 240 Å². The smallest absolute Gasteiger partial charge is 0.247 e. The van der Waals surface area contributed by atoms with Gasteiger partial charge in [0.15, 0.2) is 0 Å². The van der Waals surface area contributed by atoms with E-state index < -0.39 is 0 Å². The fourth-order valence-corrected chi connectivity index (χ4v) is 5.48. The molecule has 2 aromatic carbocycles. The molecule has 0 saturated carbocycles. The molecule has 5 rings (SSSR count). The van der Waals surface area contributed by atoms with Gasteiger partial charge in [0.2, 0.25) is 11.9 Å². The van der Waals surface area contributed by atoms with Crippen molar-refractivity contribution in [2.24, 2.45) is 0 Å². The van der Waals surface area contributed by atoms with Crippen LogP contribution in [0.2, 0.25) is 5.02 Å². The molecule has 1 aliphatic rings. The second kappa shape index (κ2) is 11.7. The molecule has 4 aromatic rings. The number of rotatable bonds is 10. The highest BCUT2D eigenvalue weighted by molar-refractivity contribution is 6.33. The third kappa shape index (κ3) is 5.55. The molecular weight excluding hydrogens is 522 g/mol. The van der Waals surface area contributed by atoms with Crippen LogP contribution in [0.5, 0.6) is 0 Å². The number of likely N-dealkylation sites (N-methyl/N-ethyl adjacent to an activating group) is 2. The lowest BCUT2D eigenvalue weighted by atomic mass is 10.0. The van der Waals surface area contributed by atoms with E-state index in [4.69, 9.17) is 16.6 Å². The van der Waals surface area contributed by atoms with Crippen molar-refractivity contribution in [2.75, 3.05) is 49.8 Å². The summed E-state index contributed by atoms with van der Waals surface area (Å²) in [7, 11) is 6.12. The molecule has 0 radical (unpaired) electrons. The highest BCUT2D eigenvalue weighted by Crippen LogP contribution is 2.38. The number of amides is 1. The highest BCUT2D eigenvalue weighted by atomic mass is 35.5. The molecule has 0 saturated heterocycles. The molecule has 8 nitrogen and oxygen atoms in total. The summed E-state index contributed by atoms with van der Waals surface area (Å²) in [5.74, 6) is 0.173. The Hall–Kier alpha value is -3.88. The van der Waals surface area contributed by atoms with E-state index in [1.54, 1.807) is 6.20 Å². The number of carbonyl (C=O) groups excluding carboxylic acids is 1. The summed E-state index contributed by atoms with van der Waals surface area (Å²) in [6.45, 7) is 8.39. The Morgan fingerprint density at radius 2 is 2.02 bits per heavy atom. The topological polar surface area (TPSA) is 78.3 Å². The van der Waals surface area contributed by atoms with Crippen LogP contribution in [0.25, 0.3) is 22.2 Å². The van der Waals surface area contributed by atoms with Crippen LogP contribution < -0.4 is 15.5 Å². The lowest BCUT2D eigenvalue weighted by Gasteiger charge is -2.26. The van der Waals surface area contributed by atoms with Gasteiger partial charge >= 0.3 is 0 Å². The number of nitrogens with zero attached hydrogens (tertiary/aromatic N) is 5. The Kier molecular flexibility index (Phi) is 8.09. The van der Waals surface area contributed by atoms with Gasteiger partial charge in [-0.15, -0.1) is 0 Å². The SMILES string of the molecule is C=CC(=O)Nc1cc(Nc2ncc(Cl)c(-c3cn4c5c(cccc35)CCC4)n2)c(CC)cc1N(C)CCN(C)C. The average Bonchev–Trinajstić information content (AvgIpc) is 3.33. The van der Waals surface area contributed by atoms with Crippen molar-refractivity contribution in [2.45, 2.75) is 32.7 Å². The third-order valence-corrected chi connectivity index (χ3v) is 7.69. The van der Waals surface area contributed by atoms with E-state index >= 15 is 0 Å². The highest BCUT2D eigenvalue weighted by Gasteiger charge is 2.20. The monoisotopic (exact) mass is 557 g/mol. The van der Waals surface area contributed by atoms with Gasteiger partial charge in [0.1, 0.15) is 0 Å². The van der Waals surface area contributed by atoms with Crippen molar-refractivity contribution in [3.63, 3.8) is 0 Å². The standard InChI is InChI=1S/C31H36ClN7O/c1-6-20-16-27(38(5)15-14-37(3)4)26(34-28(40)7-2)17-25(20)35-31-33-18-24(32)29(36-31)23-19-39-13-9-11-21-10-8-12-22(23)30(21)39/h7-8,10,12,16-19H,2,6,9,11,13-15H2,1,3-5H3,(H,34,40)(H,33,35,36). The van der Waals surface area contributed by atoms with E-state index in [1.165, 1.54) is 17.2 Å². The van der Waals surface area contributed by atoms with Crippen LogP contribution in [0.3, 0.4) is 0 Å². The molecule has 3 heterocycles. The van der Waals surface area contributed by atoms with Crippen LogP contribution >= 0.6 is 11.6 Å². The van der Waals surface area contributed by atoms with Gasteiger partial charge in [-0.05, 0) is 62.7 Å². The van der Waals surface area contributed by atoms with Crippen molar-refractivity contribution in [1.29, 1.82) is 0 Å². The molecule has 40 heavy (non-hydrogen) atoms. The van der Waals surface area contributed by atoms with Gasteiger partial charge in [0.25, 0.3) is 0 Å². The second-order valence-corrected chi connectivity index (χ2v) is 10.9. The van der Waals surface area contributed by atoms with Crippen molar-refractivity contribution in [1.82, 2.24) is 19.4 Å². The van der Waals surface area contributed by atoms with E-state index in [-0.39, 0.29) is 5.91 Å². The number of benzene rings is 2. The first kappa shape index (κ1) is 27.7. The number of anilines is 4. The maximum Gasteiger partial charge on any atom is 0.247 e. The summed E-state index contributed by atoms with van der Waals surface area (Å²) in [6, 6.07) is 10.5. The number of nitrogens with one attached hydrogen (secondary N) is 2. The fraction of sp³-hybridized carbons (Fsp3) is 0.323. The average molecular weight is 558 g/mol. The van der Waals surface area contributed by atoms with Crippen LogP contribution in [0.4, 0.5) is 23.0 Å². The van der Waals surface area contributed by atoms with Crippen LogP contribution in [-0.2, 0) is 24.2 Å². The molecule has 1 aliphatic heterocycles. The number of aromatic nitrogens is 3. The molecular formula is C31H36ClN7O. The van der Waals surface area contributed by atoms with Gasteiger partial charge in [-0.25, -0.2) is 9.97 Å². The lowest BCUT2D eigenvalue weighted by molar-refractivity contribution is -0.111. The number of para-hydroxylation sites is 1. The van der Waals surface area contributed by atoms with E-state index in [2.05, 4.69) is 73.9 Å². The van der Waals surface area contributed by atoms with Gasteiger partial charge < -0.3 is 25.0 Å². The summed E-state index contributed by atoms with van der Waals surface area (Å²) < 4.78 is 2.31. The Morgan fingerprint density at radius 3 is 2.77 bits per heavy atom. The predicted octanol–water partition coefficient (Wildman–Crippen LogP) is 6.13. The summed E-state index contributed by atoms with van der Waals surface area (Å²) in [4.78, 5) is 26.0. The minimum Gasteiger partial charge on any atom is -0.372 e. The Balaban J connectivity index is 1.53. The first-order chi connectivity index (χ1) is 19.3. The first-order valence-corrected chi connectivity index (χ1v) is 14.0. The maximum absolute atomic E-state index is 12.3. The number of hydrogen-bond acceptors (Lipinski definition) is 6. The van der Waals surface area contributed by atoms with E-state index in [9.17, 15) is 4.79 Å². The summed E-state index contributed by atoms with van der Waals surface area (Å²) >= 11 is 6.68. The molecule has 0 atom stereocenters. The van der Waals surface area contributed by atoms with Crippen molar-refractivity contribution in [3.8, 4) is 11.3 Å². The van der Waals surface area contributed by atoms with Crippen LogP contribution in [0, 0.1) is 0 Å². The Bertz CT molecular complexity index is 1580. The number of halogens is 1. The maximum atomic E-state index is 12.3. The molecule has 1 amide bonds. The van der Waals surface area contributed by atoms with Gasteiger partial charge in [-0.3, -0.25) is 4.79 Å². The van der Waals surface area contributed by atoms with E-state index in [0.717, 1.165) is 66.8 Å². The molecule has 2 aromatic heterocycles. The van der Waals surface area contributed by atoms with Gasteiger partial charge in [0.05, 0.1) is 33.8 Å². The first-order valence-electron chi connectivity index (χ1n) is 13.7. The van der Waals surface area contributed by atoms with Gasteiger partial charge in [-0.1, -0.05) is 43.3 Å². The molecule has 0 unspecified atom stereocenters. The normalized spacial score (nSPS) is 12.6. The zero-order valence-electron chi connectivity index (χ0n) is 23.6. The number of carbonyl (C=O) groups is 1. The molecule has 208 valence electrons. The van der Waals surface area contributed by atoms with Crippen LogP contribution in [-0.4, -0.2) is 59.6 Å². The van der Waals surface area contributed by atoms with Crippen LogP contribution in [0.1, 0.15) is 24.5 Å². The molecule has 2 N–H and O–H groups in total. The van der Waals surface area contributed by atoms with Gasteiger partial charge in [-0.2, -0.15) is 0 Å². The predicted molar refractivity (Wildman–Crippen MR) is 166 cm³/mol. The molecule has 0 fully saturated rings. The molecule has 9 heteroatoms. The fourth-order valence-electron chi connectivity index (χ4n) is 5.29. The van der Waals surface area contributed by atoms with Crippen molar-refractivity contribution in [3.05, 3.63) is 71.5 Å². The van der Waals surface area contributed by atoms with Gasteiger partial charge in [0, 0.05) is 49.5 Å². The zero-order chi connectivity index (χ0) is 28.4. The molecule has 0 spiro atoms. The minimum absolute atomic E-state index is 0.268. The quantitative estimate of drug-likeness (QED) is 0.228. The number of hydrogen-bond donors (Lipinski definition) is 2. The zero-order valence-corrected chi connectivity index (χ0v) is 24.3. The molecule has 0 bridgehead atoms. The largest absolute Gasteiger partial charge is 0.372 e.